The molecular formula is C15H20N2O3. The van der Waals surface area contributed by atoms with E-state index in [1.165, 1.54) is 0 Å². The van der Waals surface area contributed by atoms with Crippen LogP contribution in [-0.4, -0.2) is 48.1 Å². The second-order valence-electron chi connectivity index (χ2n) is 5.43. The molecule has 1 aliphatic carbocycles. The number of nitrogens with zero attached hydrogens (tertiary/aromatic N) is 1. The summed E-state index contributed by atoms with van der Waals surface area (Å²) in [5.74, 6) is -0.225. The highest BCUT2D eigenvalue weighted by molar-refractivity contribution is 6.05. The lowest BCUT2D eigenvalue weighted by atomic mass is 9.82. The summed E-state index contributed by atoms with van der Waals surface area (Å²) in [6.45, 7) is 0.954. The van der Waals surface area contributed by atoms with Crippen LogP contribution in [0.5, 0.6) is 0 Å². The molecule has 1 aliphatic rings. The van der Waals surface area contributed by atoms with Crippen LogP contribution < -0.4 is 5.32 Å². The lowest BCUT2D eigenvalue weighted by Crippen LogP contribution is -2.42. The van der Waals surface area contributed by atoms with E-state index in [1.54, 1.807) is 24.3 Å². The van der Waals surface area contributed by atoms with Crippen molar-refractivity contribution < 1.29 is 14.7 Å². The zero-order valence-corrected chi connectivity index (χ0v) is 11.6. The number of hydrogen-bond donors (Lipinski definition) is 2. The number of carbonyl (C=O) groups is 2. The summed E-state index contributed by atoms with van der Waals surface area (Å²) < 4.78 is 0. The number of likely N-dealkylation sites (N-methyl/N-ethyl adjacent to an activating group) is 1. The Morgan fingerprint density at radius 3 is 2.55 bits per heavy atom. The molecule has 20 heavy (non-hydrogen) atoms. The molecule has 2 amide bonds. The number of aliphatic hydroxyl groups excluding tert-OH is 1. The standard InChI is InChI=1S/C15H20N2O3/c1-17(9-11-7-13(18)8-11)10-14(19)16-15(20)12-5-3-2-4-6-12/h2-6,11,13,18H,7-10H2,1H3,(H,16,19,20). The Bertz CT molecular complexity index is 469. The van der Waals surface area contributed by atoms with Gasteiger partial charge >= 0.3 is 0 Å². The summed E-state index contributed by atoms with van der Waals surface area (Å²) in [6.07, 6.45) is 1.42. The molecule has 2 rings (SSSR count). The molecule has 1 fully saturated rings. The van der Waals surface area contributed by atoms with Crippen molar-refractivity contribution in [3.63, 3.8) is 0 Å². The molecule has 108 valence electrons. The molecule has 0 radical (unpaired) electrons. The van der Waals surface area contributed by atoms with E-state index in [4.69, 9.17) is 0 Å². The molecule has 1 aromatic carbocycles. The highest BCUT2D eigenvalue weighted by Gasteiger charge is 2.28. The first-order chi connectivity index (χ1) is 9.54. The van der Waals surface area contributed by atoms with E-state index in [-0.39, 0.29) is 24.5 Å². The average Bonchev–Trinajstić information content (AvgIpc) is 2.37. The van der Waals surface area contributed by atoms with Gasteiger partial charge in [-0.25, -0.2) is 0 Å². The van der Waals surface area contributed by atoms with Crippen molar-refractivity contribution >= 4 is 11.8 Å². The number of rotatable bonds is 5. The molecule has 2 N–H and O–H groups in total. The molecule has 1 saturated carbocycles. The van der Waals surface area contributed by atoms with E-state index in [0.29, 0.717) is 11.5 Å². The third kappa shape index (κ3) is 4.15. The number of hydrogen-bond acceptors (Lipinski definition) is 4. The van der Waals surface area contributed by atoms with Crippen LogP contribution in [0.1, 0.15) is 23.2 Å². The maximum Gasteiger partial charge on any atom is 0.257 e. The first kappa shape index (κ1) is 14.7. The lowest BCUT2D eigenvalue weighted by molar-refractivity contribution is -0.121. The predicted molar refractivity (Wildman–Crippen MR) is 75.1 cm³/mol. The van der Waals surface area contributed by atoms with Crippen LogP contribution in [0.4, 0.5) is 0 Å². The van der Waals surface area contributed by atoms with Crippen molar-refractivity contribution in [2.45, 2.75) is 18.9 Å². The van der Waals surface area contributed by atoms with Gasteiger partial charge < -0.3 is 5.11 Å². The Hall–Kier alpha value is -1.72. The summed E-state index contributed by atoms with van der Waals surface area (Å²) >= 11 is 0. The van der Waals surface area contributed by atoms with Crippen LogP contribution in [0, 0.1) is 5.92 Å². The number of amides is 2. The van der Waals surface area contributed by atoms with E-state index in [2.05, 4.69) is 5.32 Å². The van der Waals surface area contributed by atoms with Crippen LogP contribution >= 0.6 is 0 Å². The number of carbonyl (C=O) groups excluding carboxylic acids is 2. The largest absolute Gasteiger partial charge is 0.393 e. The zero-order chi connectivity index (χ0) is 14.5. The monoisotopic (exact) mass is 276 g/mol. The molecule has 0 atom stereocenters. The van der Waals surface area contributed by atoms with Crippen molar-refractivity contribution in [3.05, 3.63) is 35.9 Å². The Kier molecular flexibility index (Phi) is 4.87. The van der Waals surface area contributed by atoms with Gasteiger partial charge in [-0.15, -0.1) is 0 Å². The van der Waals surface area contributed by atoms with Gasteiger partial charge in [0.25, 0.3) is 5.91 Å². The Balaban J connectivity index is 1.73. The molecular weight excluding hydrogens is 256 g/mol. The quantitative estimate of drug-likeness (QED) is 0.828. The normalized spacial score (nSPS) is 21.4. The SMILES string of the molecule is CN(CC(=O)NC(=O)c1ccccc1)CC1CC(O)C1. The topological polar surface area (TPSA) is 69.6 Å². The number of nitrogens with one attached hydrogen (secondary N) is 1. The van der Waals surface area contributed by atoms with Gasteiger partial charge in [0.05, 0.1) is 12.6 Å². The Morgan fingerprint density at radius 1 is 1.30 bits per heavy atom. The minimum absolute atomic E-state index is 0.179. The van der Waals surface area contributed by atoms with Gasteiger partial charge in [-0.3, -0.25) is 19.8 Å². The van der Waals surface area contributed by atoms with Crippen LogP contribution in [-0.2, 0) is 4.79 Å². The maximum atomic E-state index is 11.8. The molecule has 0 saturated heterocycles. The van der Waals surface area contributed by atoms with Crippen molar-refractivity contribution in [3.8, 4) is 0 Å². The van der Waals surface area contributed by atoms with Crippen LogP contribution in [0.2, 0.25) is 0 Å². The summed E-state index contributed by atoms with van der Waals surface area (Å²) in [6, 6.07) is 8.67. The molecule has 0 unspecified atom stereocenters. The minimum Gasteiger partial charge on any atom is -0.393 e. The van der Waals surface area contributed by atoms with Crippen molar-refractivity contribution in [2.24, 2.45) is 5.92 Å². The maximum absolute atomic E-state index is 11.8. The lowest BCUT2D eigenvalue weighted by Gasteiger charge is -2.34. The third-order valence-electron chi connectivity index (χ3n) is 3.48. The summed E-state index contributed by atoms with van der Waals surface area (Å²) in [5, 5.41) is 11.6. The zero-order valence-electron chi connectivity index (χ0n) is 11.6. The van der Waals surface area contributed by atoms with Crippen LogP contribution in [0.3, 0.4) is 0 Å². The van der Waals surface area contributed by atoms with Crippen LogP contribution in [0.25, 0.3) is 0 Å². The second-order valence-corrected chi connectivity index (χ2v) is 5.43. The van der Waals surface area contributed by atoms with Gasteiger partial charge in [-0.2, -0.15) is 0 Å². The summed E-state index contributed by atoms with van der Waals surface area (Å²) in [7, 11) is 1.84. The molecule has 1 aromatic rings. The number of aliphatic hydroxyl groups is 1. The van der Waals surface area contributed by atoms with Gasteiger partial charge in [-0.1, -0.05) is 18.2 Å². The van der Waals surface area contributed by atoms with Gasteiger partial charge in [0, 0.05) is 12.1 Å². The molecule has 0 aromatic heterocycles. The first-order valence-electron chi connectivity index (χ1n) is 6.80. The molecule has 5 nitrogen and oxygen atoms in total. The van der Waals surface area contributed by atoms with Gasteiger partial charge in [0.2, 0.25) is 5.91 Å². The van der Waals surface area contributed by atoms with E-state index in [9.17, 15) is 14.7 Å². The fourth-order valence-electron chi connectivity index (χ4n) is 2.43. The average molecular weight is 276 g/mol. The number of imide groups is 1. The first-order valence-corrected chi connectivity index (χ1v) is 6.80. The number of benzene rings is 1. The smallest absolute Gasteiger partial charge is 0.257 e. The van der Waals surface area contributed by atoms with Crippen LogP contribution in [0.15, 0.2) is 30.3 Å². The highest BCUT2D eigenvalue weighted by Crippen LogP contribution is 2.27. The Morgan fingerprint density at radius 2 is 1.95 bits per heavy atom. The van der Waals surface area contributed by atoms with Gasteiger partial charge in [-0.05, 0) is 37.9 Å². The molecule has 0 heterocycles. The van der Waals surface area contributed by atoms with E-state index < -0.39 is 0 Å². The van der Waals surface area contributed by atoms with Crippen molar-refractivity contribution in [1.82, 2.24) is 10.2 Å². The summed E-state index contributed by atoms with van der Waals surface area (Å²) in [4.78, 5) is 25.4. The summed E-state index contributed by atoms with van der Waals surface area (Å²) in [5.41, 5.74) is 0.477. The third-order valence-corrected chi connectivity index (χ3v) is 3.48. The van der Waals surface area contributed by atoms with Crippen molar-refractivity contribution in [1.29, 1.82) is 0 Å². The van der Waals surface area contributed by atoms with E-state index in [0.717, 1.165) is 19.4 Å². The van der Waals surface area contributed by atoms with Gasteiger partial charge in [0.15, 0.2) is 0 Å². The predicted octanol–water partition coefficient (Wildman–Crippen LogP) is 0.646. The Labute approximate surface area is 118 Å². The molecule has 0 aliphatic heterocycles. The minimum atomic E-state index is -0.372. The molecule has 5 heteroatoms. The molecule has 0 bridgehead atoms. The fourth-order valence-corrected chi connectivity index (χ4v) is 2.43. The van der Waals surface area contributed by atoms with E-state index >= 15 is 0 Å². The highest BCUT2D eigenvalue weighted by atomic mass is 16.3. The van der Waals surface area contributed by atoms with E-state index in [1.807, 2.05) is 18.0 Å². The molecule has 0 spiro atoms. The van der Waals surface area contributed by atoms with Crippen molar-refractivity contribution in [2.75, 3.05) is 20.1 Å². The van der Waals surface area contributed by atoms with Gasteiger partial charge in [0.1, 0.15) is 0 Å². The second kappa shape index (κ2) is 6.63. The fraction of sp³-hybridized carbons (Fsp3) is 0.467.